The van der Waals surface area contributed by atoms with Gasteiger partial charge >= 0.3 is 0 Å². The summed E-state index contributed by atoms with van der Waals surface area (Å²) >= 11 is 6.24. The van der Waals surface area contributed by atoms with Crippen molar-refractivity contribution in [3.63, 3.8) is 0 Å². The van der Waals surface area contributed by atoms with Crippen LogP contribution in [0.4, 0.5) is 4.39 Å². The van der Waals surface area contributed by atoms with Crippen LogP contribution in [0, 0.1) is 5.82 Å². The molecule has 0 bridgehead atoms. The molecule has 2 saturated heterocycles. The molecule has 2 fully saturated rings. The number of hydrogen-bond acceptors (Lipinski definition) is 3. The zero-order valence-electron chi connectivity index (χ0n) is 12.3. The van der Waals surface area contributed by atoms with E-state index in [-0.39, 0.29) is 11.9 Å². The van der Waals surface area contributed by atoms with Gasteiger partial charge in [0.1, 0.15) is 5.82 Å². The largest absolute Gasteiger partial charge is 0.329 e. The smallest absolute Gasteiger partial charge is 0.129 e. The number of rotatable bonds is 3. The number of fused-ring (bicyclic) bond motifs is 1. The van der Waals surface area contributed by atoms with Gasteiger partial charge in [-0.3, -0.25) is 9.80 Å². The van der Waals surface area contributed by atoms with Gasteiger partial charge in [-0.05, 0) is 44.5 Å². The third-order valence-electron chi connectivity index (χ3n) is 4.83. The van der Waals surface area contributed by atoms with E-state index in [4.69, 9.17) is 17.3 Å². The Morgan fingerprint density at radius 3 is 2.86 bits per heavy atom. The maximum atomic E-state index is 14.2. The van der Waals surface area contributed by atoms with E-state index in [1.54, 1.807) is 12.1 Å². The Hall–Kier alpha value is -0.680. The molecular weight excluding hydrogens is 289 g/mol. The minimum atomic E-state index is -0.245. The Kier molecular flexibility index (Phi) is 4.79. The van der Waals surface area contributed by atoms with Crippen LogP contribution in [0.2, 0.25) is 5.02 Å². The van der Waals surface area contributed by atoms with E-state index in [2.05, 4.69) is 9.80 Å². The Bertz CT molecular complexity index is 476. The van der Waals surface area contributed by atoms with Crippen LogP contribution in [-0.4, -0.2) is 48.6 Å². The molecule has 116 valence electrons. The summed E-state index contributed by atoms with van der Waals surface area (Å²) in [5.41, 5.74) is 6.54. The SMILES string of the molecule is NCC(c1c(F)cccc1Cl)N1CCCN2CCCC2C1. The maximum absolute atomic E-state index is 14.2. The highest BCUT2D eigenvalue weighted by atomic mass is 35.5. The van der Waals surface area contributed by atoms with Gasteiger partial charge in [0.05, 0.1) is 6.04 Å². The van der Waals surface area contributed by atoms with Crippen molar-refractivity contribution in [2.24, 2.45) is 5.73 Å². The molecule has 2 N–H and O–H groups in total. The molecule has 0 amide bonds. The van der Waals surface area contributed by atoms with Gasteiger partial charge in [-0.25, -0.2) is 4.39 Å². The standard InChI is InChI=1S/C16H23ClFN3/c17-13-5-1-6-14(18)16(13)15(10-19)21-9-3-8-20-7-2-4-12(20)11-21/h1,5-6,12,15H,2-4,7-11,19H2. The van der Waals surface area contributed by atoms with Gasteiger partial charge in [0, 0.05) is 36.3 Å². The molecule has 0 aromatic heterocycles. The summed E-state index contributed by atoms with van der Waals surface area (Å²) in [5.74, 6) is -0.245. The fourth-order valence-electron chi connectivity index (χ4n) is 3.80. The molecule has 2 aliphatic heterocycles. The maximum Gasteiger partial charge on any atom is 0.129 e. The van der Waals surface area contributed by atoms with Crippen LogP contribution in [0.3, 0.4) is 0 Å². The van der Waals surface area contributed by atoms with E-state index in [9.17, 15) is 4.39 Å². The highest BCUT2D eigenvalue weighted by Gasteiger charge is 2.33. The molecule has 0 saturated carbocycles. The van der Waals surface area contributed by atoms with Crippen molar-refractivity contribution < 1.29 is 4.39 Å². The van der Waals surface area contributed by atoms with Gasteiger partial charge in [-0.1, -0.05) is 17.7 Å². The third-order valence-corrected chi connectivity index (χ3v) is 5.16. The average molecular weight is 312 g/mol. The highest BCUT2D eigenvalue weighted by Crippen LogP contribution is 2.32. The molecule has 5 heteroatoms. The lowest BCUT2D eigenvalue weighted by atomic mass is 10.0. The van der Waals surface area contributed by atoms with Gasteiger partial charge in [-0.2, -0.15) is 0 Å². The first-order valence-corrected chi connectivity index (χ1v) is 8.20. The van der Waals surface area contributed by atoms with Crippen LogP contribution >= 0.6 is 11.6 Å². The second-order valence-corrected chi connectivity index (χ2v) is 6.47. The normalized spacial score (nSPS) is 25.6. The third kappa shape index (κ3) is 3.09. The molecule has 3 nitrogen and oxygen atoms in total. The van der Waals surface area contributed by atoms with Gasteiger partial charge < -0.3 is 5.73 Å². The lowest BCUT2D eigenvalue weighted by Crippen LogP contribution is -2.41. The van der Waals surface area contributed by atoms with Gasteiger partial charge in [0.2, 0.25) is 0 Å². The molecule has 0 radical (unpaired) electrons. The minimum absolute atomic E-state index is 0.126. The van der Waals surface area contributed by atoms with Crippen molar-refractivity contribution >= 4 is 11.6 Å². The average Bonchev–Trinajstić information content (AvgIpc) is 2.81. The molecule has 2 heterocycles. The van der Waals surface area contributed by atoms with E-state index in [1.165, 1.54) is 25.5 Å². The minimum Gasteiger partial charge on any atom is -0.329 e. The molecule has 21 heavy (non-hydrogen) atoms. The van der Waals surface area contributed by atoms with Gasteiger partial charge in [0.15, 0.2) is 0 Å². The Labute approximate surface area is 130 Å². The number of hydrogen-bond donors (Lipinski definition) is 1. The molecule has 1 aromatic carbocycles. The predicted molar refractivity (Wildman–Crippen MR) is 84.0 cm³/mol. The topological polar surface area (TPSA) is 32.5 Å². The molecule has 2 atom stereocenters. The summed E-state index contributed by atoms with van der Waals surface area (Å²) in [7, 11) is 0. The van der Waals surface area contributed by atoms with Crippen LogP contribution < -0.4 is 5.73 Å². The van der Waals surface area contributed by atoms with E-state index in [1.807, 2.05) is 0 Å². The second kappa shape index (κ2) is 6.61. The van der Waals surface area contributed by atoms with E-state index in [0.717, 1.165) is 26.1 Å². The van der Waals surface area contributed by atoms with Gasteiger partial charge in [0.25, 0.3) is 0 Å². The lowest BCUT2D eigenvalue weighted by molar-refractivity contribution is 0.173. The number of nitrogens with two attached hydrogens (primary N) is 1. The first-order chi connectivity index (χ1) is 10.2. The molecule has 1 aromatic rings. The van der Waals surface area contributed by atoms with E-state index < -0.39 is 0 Å². The van der Waals surface area contributed by atoms with Crippen molar-refractivity contribution in [2.45, 2.75) is 31.3 Å². The summed E-state index contributed by atoms with van der Waals surface area (Å²) in [4.78, 5) is 4.90. The van der Waals surface area contributed by atoms with Crippen LogP contribution in [0.1, 0.15) is 30.9 Å². The quantitative estimate of drug-likeness (QED) is 0.931. The number of nitrogens with zero attached hydrogens (tertiary/aromatic N) is 2. The number of halogens is 2. The fourth-order valence-corrected chi connectivity index (χ4v) is 4.09. The Balaban J connectivity index is 1.85. The summed E-state index contributed by atoms with van der Waals surface area (Å²) < 4.78 is 14.2. The highest BCUT2D eigenvalue weighted by molar-refractivity contribution is 6.31. The Morgan fingerprint density at radius 2 is 2.10 bits per heavy atom. The van der Waals surface area contributed by atoms with Crippen molar-refractivity contribution in [3.05, 3.63) is 34.6 Å². The summed E-state index contributed by atoms with van der Waals surface area (Å²) in [6, 6.07) is 5.34. The van der Waals surface area contributed by atoms with Crippen LogP contribution in [-0.2, 0) is 0 Å². The lowest BCUT2D eigenvalue weighted by Gasteiger charge is -2.33. The van der Waals surface area contributed by atoms with E-state index in [0.29, 0.717) is 23.2 Å². The molecule has 2 aliphatic rings. The number of benzene rings is 1. The zero-order valence-corrected chi connectivity index (χ0v) is 13.0. The van der Waals surface area contributed by atoms with Crippen LogP contribution in [0.15, 0.2) is 18.2 Å². The van der Waals surface area contributed by atoms with Crippen molar-refractivity contribution in [2.75, 3.05) is 32.7 Å². The van der Waals surface area contributed by atoms with Crippen molar-refractivity contribution in [1.82, 2.24) is 9.80 Å². The second-order valence-electron chi connectivity index (χ2n) is 6.07. The molecular formula is C16H23ClFN3. The van der Waals surface area contributed by atoms with E-state index >= 15 is 0 Å². The summed E-state index contributed by atoms with van der Waals surface area (Å²) in [6.07, 6.45) is 3.62. The summed E-state index contributed by atoms with van der Waals surface area (Å²) in [5, 5.41) is 0.484. The zero-order chi connectivity index (χ0) is 14.8. The van der Waals surface area contributed by atoms with Crippen molar-refractivity contribution in [1.29, 1.82) is 0 Å². The molecule has 0 spiro atoms. The van der Waals surface area contributed by atoms with Gasteiger partial charge in [-0.15, -0.1) is 0 Å². The predicted octanol–water partition coefficient (Wildman–Crippen LogP) is 2.65. The first kappa shape index (κ1) is 15.2. The monoisotopic (exact) mass is 311 g/mol. The molecule has 0 aliphatic carbocycles. The Morgan fingerprint density at radius 1 is 1.29 bits per heavy atom. The first-order valence-electron chi connectivity index (χ1n) is 7.82. The van der Waals surface area contributed by atoms with Crippen LogP contribution in [0.25, 0.3) is 0 Å². The molecule has 2 unspecified atom stereocenters. The summed E-state index contributed by atoms with van der Waals surface area (Å²) in [6.45, 7) is 4.66. The fraction of sp³-hybridized carbons (Fsp3) is 0.625. The molecule has 3 rings (SSSR count). The van der Waals surface area contributed by atoms with Crippen molar-refractivity contribution in [3.8, 4) is 0 Å². The van der Waals surface area contributed by atoms with Crippen LogP contribution in [0.5, 0.6) is 0 Å².